The summed E-state index contributed by atoms with van der Waals surface area (Å²) < 4.78 is 2.16. The van der Waals surface area contributed by atoms with Crippen molar-refractivity contribution in [3.63, 3.8) is 0 Å². The van der Waals surface area contributed by atoms with Gasteiger partial charge in [0.15, 0.2) is 0 Å². The summed E-state index contributed by atoms with van der Waals surface area (Å²) >= 11 is 0. The van der Waals surface area contributed by atoms with Gasteiger partial charge in [-0.25, -0.2) is 4.98 Å². The smallest absolute Gasteiger partial charge is 0.303 e. The van der Waals surface area contributed by atoms with E-state index in [-0.39, 0.29) is 6.42 Å². The first-order chi connectivity index (χ1) is 9.88. The fourth-order valence-electron chi connectivity index (χ4n) is 2.47. The molecular weight excluding hydrogens is 266 g/mol. The highest BCUT2D eigenvalue weighted by molar-refractivity contribution is 5.78. The standard InChI is InChI=1S/C16H23N3O2/c1-11-8-13-14(9-12(11)2)19(7-5-6-16(20)21)15(17-13)10-18(3)4/h8-9H,5-7,10H2,1-4H3,(H,20,21). The molecule has 0 saturated heterocycles. The molecule has 0 saturated carbocycles. The molecule has 21 heavy (non-hydrogen) atoms. The van der Waals surface area contributed by atoms with E-state index in [9.17, 15) is 4.79 Å². The molecule has 1 N–H and O–H groups in total. The van der Waals surface area contributed by atoms with Crippen molar-refractivity contribution in [3.8, 4) is 0 Å². The predicted molar refractivity (Wildman–Crippen MR) is 83.5 cm³/mol. The molecule has 0 unspecified atom stereocenters. The number of aromatic nitrogens is 2. The summed E-state index contributed by atoms with van der Waals surface area (Å²) in [4.78, 5) is 17.5. The van der Waals surface area contributed by atoms with Gasteiger partial charge in [-0.15, -0.1) is 0 Å². The number of aliphatic carboxylic acids is 1. The average molecular weight is 289 g/mol. The molecule has 0 fully saturated rings. The van der Waals surface area contributed by atoms with E-state index in [2.05, 4.69) is 35.4 Å². The lowest BCUT2D eigenvalue weighted by atomic mass is 10.1. The zero-order chi connectivity index (χ0) is 15.6. The number of hydrogen-bond donors (Lipinski definition) is 1. The fraction of sp³-hybridized carbons (Fsp3) is 0.500. The Morgan fingerprint density at radius 1 is 1.29 bits per heavy atom. The largest absolute Gasteiger partial charge is 0.481 e. The lowest BCUT2D eigenvalue weighted by Gasteiger charge is -2.12. The Bertz CT molecular complexity index is 659. The van der Waals surface area contributed by atoms with Crippen LogP contribution in [-0.4, -0.2) is 39.6 Å². The second-order valence-corrected chi connectivity index (χ2v) is 5.84. The van der Waals surface area contributed by atoms with Crippen molar-refractivity contribution in [2.45, 2.75) is 39.8 Å². The number of carboxylic acids is 1. The molecule has 0 aliphatic rings. The Morgan fingerprint density at radius 2 is 1.95 bits per heavy atom. The van der Waals surface area contributed by atoms with Crippen LogP contribution < -0.4 is 0 Å². The molecule has 0 spiro atoms. The lowest BCUT2D eigenvalue weighted by molar-refractivity contribution is -0.137. The Kier molecular flexibility index (Phi) is 4.63. The normalized spacial score (nSPS) is 11.5. The van der Waals surface area contributed by atoms with E-state index in [1.807, 2.05) is 14.1 Å². The number of fused-ring (bicyclic) bond motifs is 1. The Hall–Kier alpha value is -1.88. The van der Waals surface area contributed by atoms with Gasteiger partial charge in [0, 0.05) is 13.0 Å². The third-order valence-electron chi connectivity index (χ3n) is 3.67. The quantitative estimate of drug-likeness (QED) is 0.888. The van der Waals surface area contributed by atoms with Crippen molar-refractivity contribution in [2.24, 2.45) is 0 Å². The van der Waals surface area contributed by atoms with Crippen LogP contribution in [0.4, 0.5) is 0 Å². The zero-order valence-corrected chi connectivity index (χ0v) is 13.2. The van der Waals surface area contributed by atoms with Crippen LogP contribution in [0.1, 0.15) is 29.8 Å². The van der Waals surface area contributed by atoms with Crippen LogP contribution >= 0.6 is 0 Å². The number of rotatable bonds is 6. The van der Waals surface area contributed by atoms with Crippen molar-refractivity contribution in [1.82, 2.24) is 14.5 Å². The molecule has 2 aromatic rings. The summed E-state index contributed by atoms with van der Waals surface area (Å²) in [6, 6.07) is 4.26. The molecule has 0 amide bonds. The van der Waals surface area contributed by atoms with Gasteiger partial charge in [0.05, 0.1) is 17.6 Å². The van der Waals surface area contributed by atoms with Crippen molar-refractivity contribution < 1.29 is 9.90 Å². The van der Waals surface area contributed by atoms with E-state index < -0.39 is 5.97 Å². The van der Waals surface area contributed by atoms with Crippen molar-refractivity contribution in [1.29, 1.82) is 0 Å². The average Bonchev–Trinajstić information content (AvgIpc) is 2.66. The lowest BCUT2D eigenvalue weighted by Crippen LogP contribution is -2.16. The monoisotopic (exact) mass is 289 g/mol. The highest BCUT2D eigenvalue weighted by atomic mass is 16.4. The summed E-state index contributed by atoms with van der Waals surface area (Å²) in [7, 11) is 4.02. The maximum atomic E-state index is 10.7. The van der Waals surface area contributed by atoms with Crippen molar-refractivity contribution in [2.75, 3.05) is 14.1 Å². The Labute approximate surface area is 125 Å². The first-order valence-electron chi connectivity index (χ1n) is 7.21. The summed E-state index contributed by atoms with van der Waals surface area (Å²) in [5.74, 6) is 0.242. The van der Waals surface area contributed by atoms with E-state index in [1.165, 1.54) is 11.1 Å². The summed E-state index contributed by atoms with van der Waals surface area (Å²) in [6.07, 6.45) is 0.806. The minimum atomic E-state index is -0.749. The maximum absolute atomic E-state index is 10.7. The van der Waals surface area contributed by atoms with E-state index in [0.717, 1.165) is 23.4 Å². The number of hydrogen-bond acceptors (Lipinski definition) is 3. The van der Waals surface area contributed by atoms with E-state index >= 15 is 0 Å². The molecule has 0 atom stereocenters. The second-order valence-electron chi connectivity index (χ2n) is 5.84. The fourth-order valence-corrected chi connectivity index (χ4v) is 2.47. The Morgan fingerprint density at radius 3 is 2.57 bits per heavy atom. The number of imidazole rings is 1. The van der Waals surface area contributed by atoms with Gasteiger partial charge in [-0.05, 0) is 57.6 Å². The molecule has 0 bridgehead atoms. The number of carboxylic acid groups (broad SMARTS) is 1. The number of benzene rings is 1. The van der Waals surface area contributed by atoms with Crippen LogP contribution in [0.5, 0.6) is 0 Å². The van der Waals surface area contributed by atoms with Gasteiger partial charge in [-0.3, -0.25) is 4.79 Å². The van der Waals surface area contributed by atoms with Crippen LogP contribution in [-0.2, 0) is 17.9 Å². The molecule has 0 aliphatic heterocycles. The summed E-state index contributed by atoms with van der Waals surface area (Å²) in [6.45, 7) is 5.62. The van der Waals surface area contributed by atoms with Gasteiger partial charge in [0.2, 0.25) is 0 Å². The third-order valence-corrected chi connectivity index (χ3v) is 3.67. The first kappa shape index (κ1) is 15.5. The minimum absolute atomic E-state index is 0.186. The summed E-state index contributed by atoms with van der Waals surface area (Å²) in [5, 5.41) is 8.82. The van der Waals surface area contributed by atoms with Crippen LogP contribution in [0.3, 0.4) is 0 Å². The molecule has 5 heteroatoms. The van der Waals surface area contributed by atoms with Gasteiger partial charge in [0.25, 0.3) is 0 Å². The highest BCUT2D eigenvalue weighted by Crippen LogP contribution is 2.22. The Balaban J connectivity index is 2.41. The van der Waals surface area contributed by atoms with Gasteiger partial charge >= 0.3 is 5.97 Å². The molecular formula is C16H23N3O2. The van der Waals surface area contributed by atoms with Crippen molar-refractivity contribution in [3.05, 3.63) is 29.1 Å². The van der Waals surface area contributed by atoms with Crippen molar-refractivity contribution >= 4 is 17.0 Å². The SMILES string of the molecule is Cc1cc2nc(CN(C)C)n(CCCC(=O)O)c2cc1C. The number of nitrogens with zero attached hydrogens (tertiary/aromatic N) is 3. The molecule has 5 nitrogen and oxygen atoms in total. The van der Waals surface area contributed by atoms with Crippen LogP contribution in [0.25, 0.3) is 11.0 Å². The van der Waals surface area contributed by atoms with Gasteiger partial charge in [-0.1, -0.05) is 0 Å². The summed E-state index contributed by atoms with van der Waals surface area (Å²) in [5.41, 5.74) is 4.55. The van der Waals surface area contributed by atoms with Gasteiger partial charge in [0.1, 0.15) is 5.82 Å². The van der Waals surface area contributed by atoms with E-state index in [4.69, 9.17) is 10.1 Å². The van der Waals surface area contributed by atoms with E-state index in [0.29, 0.717) is 13.0 Å². The predicted octanol–water partition coefficient (Wildman–Crippen LogP) is 2.58. The van der Waals surface area contributed by atoms with E-state index in [1.54, 1.807) is 0 Å². The van der Waals surface area contributed by atoms with Crippen LogP contribution in [0, 0.1) is 13.8 Å². The zero-order valence-electron chi connectivity index (χ0n) is 13.2. The first-order valence-corrected chi connectivity index (χ1v) is 7.21. The van der Waals surface area contributed by atoms with Gasteiger partial charge < -0.3 is 14.6 Å². The molecule has 2 rings (SSSR count). The molecule has 114 valence electrons. The molecule has 1 heterocycles. The molecule has 1 aromatic carbocycles. The molecule has 0 radical (unpaired) electrons. The molecule has 0 aliphatic carbocycles. The minimum Gasteiger partial charge on any atom is -0.481 e. The van der Waals surface area contributed by atoms with Gasteiger partial charge in [-0.2, -0.15) is 0 Å². The molecule has 1 aromatic heterocycles. The topological polar surface area (TPSA) is 58.4 Å². The third kappa shape index (κ3) is 3.61. The van der Waals surface area contributed by atoms with Crippen LogP contribution in [0.15, 0.2) is 12.1 Å². The number of carbonyl (C=O) groups is 1. The van der Waals surface area contributed by atoms with Crippen LogP contribution in [0.2, 0.25) is 0 Å². The highest BCUT2D eigenvalue weighted by Gasteiger charge is 2.13. The maximum Gasteiger partial charge on any atom is 0.303 e. The number of aryl methyl sites for hydroxylation is 3. The second kappa shape index (κ2) is 6.26.